The molecule has 1 saturated heterocycles. The van der Waals surface area contributed by atoms with E-state index in [0.717, 1.165) is 19.5 Å². The summed E-state index contributed by atoms with van der Waals surface area (Å²) in [6.45, 7) is 6.29. The largest absolute Gasteiger partial charge is 0.395 e. The molecular formula is C12H24N2O2. The molecule has 16 heavy (non-hydrogen) atoms. The number of piperidine rings is 1. The zero-order valence-corrected chi connectivity index (χ0v) is 10.4. The van der Waals surface area contributed by atoms with Crippen molar-refractivity contribution in [3.63, 3.8) is 0 Å². The van der Waals surface area contributed by atoms with E-state index in [1.54, 1.807) is 6.92 Å². The molecule has 1 amide bonds. The molecule has 0 radical (unpaired) electrons. The van der Waals surface area contributed by atoms with Crippen LogP contribution in [0.3, 0.4) is 0 Å². The van der Waals surface area contributed by atoms with Gasteiger partial charge in [-0.3, -0.25) is 4.79 Å². The zero-order chi connectivity index (χ0) is 12.0. The average molecular weight is 228 g/mol. The van der Waals surface area contributed by atoms with Gasteiger partial charge >= 0.3 is 0 Å². The third-order valence-corrected chi connectivity index (χ3v) is 3.22. The Balaban J connectivity index is 2.48. The van der Waals surface area contributed by atoms with Gasteiger partial charge in [0.2, 0.25) is 5.91 Å². The summed E-state index contributed by atoms with van der Waals surface area (Å²) in [4.78, 5) is 13.3. The predicted octanol–water partition coefficient (Wildman–Crippen LogP) is 0.605. The Morgan fingerprint density at radius 2 is 2.25 bits per heavy atom. The van der Waals surface area contributed by atoms with Gasteiger partial charge in [0.25, 0.3) is 0 Å². The predicted molar refractivity (Wildman–Crippen MR) is 64.1 cm³/mol. The highest BCUT2D eigenvalue weighted by Gasteiger charge is 2.27. The number of rotatable bonds is 5. The number of hydrogen-bond donors (Lipinski definition) is 2. The third-order valence-electron chi connectivity index (χ3n) is 3.22. The summed E-state index contributed by atoms with van der Waals surface area (Å²) in [5, 5.41) is 12.1. The highest BCUT2D eigenvalue weighted by atomic mass is 16.3. The fourth-order valence-corrected chi connectivity index (χ4v) is 2.49. The Morgan fingerprint density at radius 1 is 1.50 bits per heavy atom. The van der Waals surface area contributed by atoms with Crippen molar-refractivity contribution in [2.24, 2.45) is 5.92 Å². The van der Waals surface area contributed by atoms with Gasteiger partial charge in [0.05, 0.1) is 6.61 Å². The van der Waals surface area contributed by atoms with E-state index in [0.29, 0.717) is 18.5 Å². The molecule has 0 aliphatic carbocycles. The van der Waals surface area contributed by atoms with Crippen molar-refractivity contribution in [2.75, 3.05) is 26.2 Å². The molecule has 94 valence electrons. The van der Waals surface area contributed by atoms with Gasteiger partial charge in [-0.1, -0.05) is 13.3 Å². The van der Waals surface area contributed by atoms with Crippen LogP contribution in [0.1, 0.15) is 33.1 Å². The molecule has 1 rings (SSSR count). The number of carbonyl (C=O) groups excluding carboxylic acids is 1. The summed E-state index contributed by atoms with van der Waals surface area (Å²) in [6.07, 6.45) is 3.47. The number of nitrogens with zero attached hydrogens (tertiary/aromatic N) is 1. The lowest BCUT2D eigenvalue weighted by Gasteiger charge is -2.37. The topological polar surface area (TPSA) is 52.6 Å². The van der Waals surface area contributed by atoms with E-state index in [4.69, 9.17) is 5.11 Å². The summed E-state index contributed by atoms with van der Waals surface area (Å²) in [6, 6.07) is 0.348. The molecule has 1 heterocycles. The second kappa shape index (κ2) is 6.86. The number of nitrogens with one attached hydrogen (secondary N) is 1. The number of aliphatic hydroxyl groups is 1. The van der Waals surface area contributed by atoms with Gasteiger partial charge in [-0.2, -0.15) is 0 Å². The Kier molecular flexibility index (Phi) is 5.77. The number of carbonyl (C=O) groups is 1. The number of aliphatic hydroxyl groups excluding tert-OH is 1. The maximum Gasteiger partial charge on any atom is 0.219 e. The maximum absolute atomic E-state index is 11.4. The Bertz CT molecular complexity index is 221. The molecule has 0 saturated carbocycles. The molecular weight excluding hydrogens is 204 g/mol. The monoisotopic (exact) mass is 228 g/mol. The van der Waals surface area contributed by atoms with Gasteiger partial charge in [0.1, 0.15) is 0 Å². The van der Waals surface area contributed by atoms with Crippen LogP contribution in [0.25, 0.3) is 0 Å². The summed E-state index contributed by atoms with van der Waals surface area (Å²) >= 11 is 0. The minimum Gasteiger partial charge on any atom is -0.395 e. The van der Waals surface area contributed by atoms with E-state index in [-0.39, 0.29) is 12.5 Å². The summed E-state index contributed by atoms with van der Waals surface area (Å²) in [7, 11) is 0. The van der Waals surface area contributed by atoms with Crippen LogP contribution >= 0.6 is 0 Å². The van der Waals surface area contributed by atoms with Crippen LogP contribution in [0.5, 0.6) is 0 Å². The lowest BCUT2D eigenvalue weighted by atomic mass is 9.90. The van der Waals surface area contributed by atoms with E-state index in [1.807, 2.05) is 4.90 Å². The highest BCUT2D eigenvalue weighted by Crippen LogP contribution is 2.21. The van der Waals surface area contributed by atoms with Crippen molar-refractivity contribution in [1.82, 2.24) is 10.2 Å². The van der Waals surface area contributed by atoms with Gasteiger partial charge in [-0.05, 0) is 18.8 Å². The molecule has 0 aromatic heterocycles. The van der Waals surface area contributed by atoms with Crippen LogP contribution in [0.15, 0.2) is 0 Å². The third kappa shape index (κ3) is 4.10. The van der Waals surface area contributed by atoms with Crippen LogP contribution in [-0.4, -0.2) is 48.2 Å². The van der Waals surface area contributed by atoms with Gasteiger partial charge in [0.15, 0.2) is 0 Å². The van der Waals surface area contributed by atoms with Crippen LogP contribution < -0.4 is 5.32 Å². The standard InChI is InChI=1S/C12H24N2O2/c1-3-4-11-7-12(13-5-6-15)9-14(8-11)10(2)16/h11-13,15H,3-9H2,1-2H3. The van der Waals surface area contributed by atoms with E-state index in [1.165, 1.54) is 12.8 Å². The van der Waals surface area contributed by atoms with E-state index in [9.17, 15) is 4.79 Å². The molecule has 0 aromatic carbocycles. The molecule has 2 atom stereocenters. The molecule has 1 aliphatic rings. The minimum absolute atomic E-state index is 0.162. The zero-order valence-electron chi connectivity index (χ0n) is 10.4. The van der Waals surface area contributed by atoms with E-state index in [2.05, 4.69) is 12.2 Å². The quantitative estimate of drug-likeness (QED) is 0.725. The van der Waals surface area contributed by atoms with Gasteiger partial charge in [-0.15, -0.1) is 0 Å². The molecule has 4 heteroatoms. The number of likely N-dealkylation sites (tertiary alicyclic amines) is 1. The van der Waals surface area contributed by atoms with Crippen molar-refractivity contribution in [3.05, 3.63) is 0 Å². The lowest BCUT2D eigenvalue weighted by Crippen LogP contribution is -2.51. The maximum atomic E-state index is 11.4. The van der Waals surface area contributed by atoms with E-state index < -0.39 is 0 Å². The van der Waals surface area contributed by atoms with E-state index >= 15 is 0 Å². The SMILES string of the molecule is CCCC1CC(NCCO)CN(C(C)=O)C1. The molecule has 4 nitrogen and oxygen atoms in total. The fourth-order valence-electron chi connectivity index (χ4n) is 2.49. The molecule has 1 fully saturated rings. The summed E-state index contributed by atoms with van der Waals surface area (Å²) in [5.74, 6) is 0.774. The van der Waals surface area contributed by atoms with Crippen LogP contribution in [0.2, 0.25) is 0 Å². The second-order valence-electron chi connectivity index (χ2n) is 4.69. The summed E-state index contributed by atoms with van der Waals surface area (Å²) < 4.78 is 0. The first-order valence-electron chi connectivity index (χ1n) is 6.27. The lowest BCUT2D eigenvalue weighted by molar-refractivity contribution is -0.131. The Hall–Kier alpha value is -0.610. The molecule has 0 spiro atoms. The molecule has 0 bridgehead atoms. The van der Waals surface area contributed by atoms with Crippen molar-refractivity contribution < 1.29 is 9.90 Å². The fraction of sp³-hybridized carbons (Fsp3) is 0.917. The molecule has 1 aliphatic heterocycles. The van der Waals surface area contributed by atoms with Crippen molar-refractivity contribution in [1.29, 1.82) is 0 Å². The first-order valence-corrected chi connectivity index (χ1v) is 6.27. The average Bonchev–Trinajstić information content (AvgIpc) is 2.26. The van der Waals surface area contributed by atoms with Crippen LogP contribution in [-0.2, 0) is 4.79 Å². The number of amides is 1. The molecule has 2 N–H and O–H groups in total. The first-order chi connectivity index (χ1) is 7.67. The van der Waals surface area contributed by atoms with Gasteiger partial charge in [0, 0.05) is 32.6 Å². The van der Waals surface area contributed by atoms with Gasteiger partial charge in [-0.25, -0.2) is 0 Å². The smallest absolute Gasteiger partial charge is 0.219 e. The normalized spacial score (nSPS) is 25.8. The Morgan fingerprint density at radius 3 is 2.81 bits per heavy atom. The van der Waals surface area contributed by atoms with Crippen LogP contribution in [0, 0.1) is 5.92 Å². The minimum atomic E-state index is 0.162. The highest BCUT2D eigenvalue weighted by molar-refractivity contribution is 5.73. The van der Waals surface area contributed by atoms with Crippen molar-refractivity contribution in [3.8, 4) is 0 Å². The van der Waals surface area contributed by atoms with Crippen molar-refractivity contribution in [2.45, 2.75) is 39.2 Å². The summed E-state index contributed by atoms with van der Waals surface area (Å²) in [5.41, 5.74) is 0. The molecule has 2 unspecified atom stereocenters. The Labute approximate surface area is 98.0 Å². The van der Waals surface area contributed by atoms with Crippen LogP contribution in [0.4, 0.5) is 0 Å². The van der Waals surface area contributed by atoms with Crippen molar-refractivity contribution >= 4 is 5.91 Å². The van der Waals surface area contributed by atoms with Gasteiger partial charge < -0.3 is 15.3 Å². The molecule has 0 aromatic rings. The number of hydrogen-bond acceptors (Lipinski definition) is 3. The first kappa shape index (κ1) is 13.5. The second-order valence-corrected chi connectivity index (χ2v) is 4.69.